The smallest absolute Gasteiger partial charge is 0.106 e. The minimum atomic E-state index is 0. The number of fused-ring (bicyclic) bond motifs is 1. The molecule has 6 aromatic rings. The molecule has 4 aromatic carbocycles. The van der Waals surface area contributed by atoms with Crippen LogP contribution < -0.4 is 0 Å². The van der Waals surface area contributed by atoms with Gasteiger partial charge >= 0.3 is 0 Å². The summed E-state index contributed by atoms with van der Waals surface area (Å²) in [4.78, 5) is 13.0. The van der Waals surface area contributed by atoms with E-state index in [0.717, 1.165) is 44.6 Å². The van der Waals surface area contributed by atoms with Gasteiger partial charge in [-0.15, -0.1) is 59.7 Å². The molecule has 0 N–H and O–H groups in total. The van der Waals surface area contributed by atoms with Crippen LogP contribution in [0.2, 0.25) is 0 Å². The molecule has 0 bridgehead atoms. The Morgan fingerprint density at radius 1 is 0.622 bits per heavy atom. The van der Waals surface area contributed by atoms with Gasteiger partial charge in [0.15, 0.2) is 0 Å². The summed E-state index contributed by atoms with van der Waals surface area (Å²) < 4.78 is 0. The number of nitrogens with zero attached hydrogens (tertiary/aromatic N) is 3. The first kappa shape index (κ1) is 25.8. The van der Waals surface area contributed by atoms with Crippen molar-refractivity contribution < 1.29 is 20.1 Å². The minimum Gasteiger partial charge on any atom is -0.295 e. The Kier molecular flexibility index (Phi) is 9.20. The molecule has 3 nitrogen and oxygen atoms in total. The third kappa shape index (κ3) is 6.71. The third-order valence-corrected chi connectivity index (χ3v) is 5.53. The second-order valence-corrected chi connectivity index (χ2v) is 7.96. The molecule has 0 amide bonds. The van der Waals surface area contributed by atoms with E-state index in [9.17, 15) is 0 Å². The van der Waals surface area contributed by atoms with Gasteiger partial charge in [0.2, 0.25) is 0 Å². The molecule has 0 atom stereocenters. The summed E-state index contributed by atoms with van der Waals surface area (Å²) in [7, 11) is 0. The van der Waals surface area contributed by atoms with Gasteiger partial charge in [0.05, 0.1) is 5.52 Å². The number of pyridine rings is 1. The molecule has 0 saturated carbocycles. The largest absolute Gasteiger partial charge is 0.295 e. The maximum atomic E-state index is 4.45. The van der Waals surface area contributed by atoms with Crippen molar-refractivity contribution in [2.45, 2.75) is 0 Å². The van der Waals surface area contributed by atoms with Crippen molar-refractivity contribution in [1.82, 2.24) is 15.0 Å². The maximum Gasteiger partial charge on any atom is 0.106 e. The monoisotopic (exact) mass is 654 g/mol. The molecule has 181 valence electrons. The van der Waals surface area contributed by atoms with Crippen LogP contribution in [0, 0.1) is 12.1 Å². The van der Waals surface area contributed by atoms with E-state index in [-0.39, 0.29) is 20.1 Å². The fourth-order valence-electron chi connectivity index (χ4n) is 3.83. The molecule has 0 fully saturated rings. The summed E-state index contributed by atoms with van der Waals surface area (Å²) in [6.07, 6.45) is 6.87. The van der Waals surface area contributed by atoms with Crippen molar-refractivity contribution in [2.75, 3.05) is 0 Å². The third-order valence-electron chi connectivity index (χ3n) is 5.53. The summed E-state index contributed by atoms with van der Waals surface area (Å²) in [6.45, 7) is 0. The fraction of sp³-hybridized carbons (Fsp3) is 0. The van der Waals surface area contributed by atoms with Gasteiger partial charge in [-0.05, 0) is 23.2 Å². The summed E-state index contributed by atoms with van der Waals surface area (Å²) in [5, 5.41) is 1.06. The Bertz CT molecular complexity index is 1510. The standard InChI is InChI=1S/C19H14N.C14H9N2.Ir/c1-3-9-16(10-4-1)15-18(17-11-5-2-6-12-17)19-13-7-8-14-20-19;1-2-6-11(7-3-1)14-12-8-4-5-9-13(12)15-10-16-14;/h1-14H;1-6,8-10H;/q2*-1;. The molecule has 6 rings (SSSR count). The second kappa shape index (κ2) is 13.2. The van der Waals surface area contributed by atoms with E-state index in [1.165, 1.54) is 0 Å². The number of hydrogen-bond donors (Lipinski definition) is 0. The Hall–Kier alpha value is -4.24. The van der Waals surface area contributed by atoms with Gasteiger partial charge in [-0.2, -0.15) is 0 Å². The van der Waals surface area contributed by atoms with E-state index < -0.39 is 0 Å². The molecule has 0 aliphatic heterocycles. The Morgan fingerprint density at radius 3 is 2.05 bits per heavy atom. The van der Waals surface area contributed by atoms with E-state index in [1.807, 2.05) is 121 Å². The van der Waals surface area contributed by atoms with Gasteiger partial charge in [-0.1, -0.05) is 90.0 Å². The summed E-state index contributed by atoms with van der Waals surface area (Å²) in [5.74, 6) is 0. The molecule has 2 aromatic heterocycles. The predicted octanol–water partition coefficient (Wildman–Crippen LogP) is 7.46. The van der Waals surface area contributed by atoms with Crippen LogP contribution in [0.5, 0.6) is 0 Å². The molecule has 0 saturated heterocycles. The van der Waals surface area contributed by atoms with Crippen molar-refractivity contribution >= 4 is 16.5 Å². The number of aromatic nitrogens is 3. The summed E-state index contributed by atoms with van der Waals surface area (Å²) >= 11 is 0. The number of rotatable bonds is 4. The molecule has 1 radical (unpaired) electrons. The van der Waals surface area contributed by atoms with Crippen LogP contribution in [-0.4, -0.2) is 15.0 Å². The summed E-state index contributed by atoms with van der Waals surface area (Å²) in [5.41, 5.74) is 7.02. The molecule has 2 heterocycles. The molecule has 0 aliphatic carbocycles. The first-order valence-electron chi connectivity index (χ1n) is 11.7. The van der Waals surface area contributed by atoms with Crippen LogP contribution in [0.3, 0.4) is 0 Å². The van der Waals surface area contributed by atoms with E-state index in [1.54, 1.807) is 6.33 Å². The molecule has 0 unspecified atom stereocenters. The normalized spacial score (nSPS) is 10.6. The quantitative estimate of drug-likeness (QED) is 0.147. The van der Waals surface area contributed by atoms with Gasteiger partial charge in [-0.3, -0.25) is 9.97 Å². The second-order valence-electron chi connectivity index (χ2n) is 7.96. The van der Waals surface area contributed by atoms with E-state index in [0.29, 0.717) is 0 Å². The summed E-state index contributed by atoms with van der Waals surface area (Å²) in [6, 6.07) is 45.4. The van der Waals surface area contributed by atoms with Crippen molar-refractivity contribution in [2.24, 2.45) is 0 Å². The van der Waals surface area contributed by atoms with E-state index in [4.69, 9.17) is 0 Å². The number of para-hydroxylation sites is 1. The van der Waals surface area contributed by atoms with E-state index >= 15 is 0 Å². The molecule has 4 heteroatoms. The van der Waals surface area contributed by atoms with Gasteiger partial charge in [-0.25, -0.2) is 4.98 Å². The van der Waals surface area contributed by atoms with E-state index in [2.05, 4.69) is 39.2 Å². The Morgan fingerprint density at radius 2 is 1.32 bits per heavy atom. The SMILES string of the molecule is [C-](=C(c1ccccc1)c1ccccn1)c1ccccc1.[Ir].[c-]1ccccc1-c1ncnc2ccccc12. The zero-order valence-corrected chi connectivity index (χ0v) is 22.3. The van der Waals surface area contributed by atoms with Crippen LogP contribution >= 0.6 is 0 Å². The fourth-order valence-corrected chi connectivity index (χ4v) is 3.83. The van der Waals surface area contributed by atoms with Crippen LogP contribution in [-0.2, 0) is 20.1 Å². The van der Waals surface area contributed by atoms with Crippen molar-refractivity contribution in [3.63, 3.8) is 0 Å². The zero-order chi connectivity index (χ0) is 24.4. The van der Waals surface area contributed by atoms with Crippen LogP contribution in [0.25, 0.3) is 27.7 Å². The maximum absolute atomic E-state index is 4.45. The minimum absolute atomic E-state index is 0. The van der Waals surface area contributed by atoms with Gasteiger partial charge in [0.25, 0.3) is 0 Å². The average molecular weight is 654 g/mol. The average Bonchev–Trinajstić information content (AvgIpc) is 2.98. The zero-order valence-electron chi connectivity index (χ0n) is 20.0. The molecule has 37 heavy (non-hydrogen) atoms. The first-order chi connectivity index (χ1) is 17.9. The molecular weight excluding hydrogens is 631 g/mol. The van der Waals surface area contributed by atoms with Crippen LogP contribution in [0.1, 0.15) is 16.8 Å². The first-order valence-corrected chi connectivity index (χ1v) is 11.7. The van der Waals surface area contributed by atoms with Crippen molar-refractivity contribution in [1.29, 1.82) is 0 Å². The van der Waals surface area contributed by atoms with Crippen LogP contribution in [0.4, 0.5) is 0 Å². The molecule has 0 spiro atoms. The predicted molar refractivity (Wildman–Crippen MR) is 146 cm³/mol. The number of hydrogen-bond acceptors (Lipinski definition) is 3. The molecule has 0 aliphatic rings. The topological polar surface area (TPSA) is 38.7 Å². The van der Waals surface area contributed by atoms with Gasteiger partial charge in [0, 0.05) is 32.0 Å². The number of benzene rings is 4. The Labute approximate surface area is 231 Å². The van der Waals surface area contributed by atoms with Gasteiger partial charge < -0.3 is 0 Å². The van der Waals surface area contributed by atoms with Crippen LogP contribution in [0.15, 0.2) is 140 Å². The molecular formula is C33H23IrN3-2. The Balaban J connectivity index is 0.000000172. The van der Waals surface area contributed by atoms with Crippen molar-refractivity contribution in [3.8, 4) is 11.3 Å². The van der Waals surface area contributed by atoms with Gasteiger partial charge in [0.1, 0.15) is 6.33 Å². The van der Waals surface area contributed by atoms with Crippen molar-refractivity contribution in [3.05, 3.63) is 169 Å².